The molecule has 0 aromatic rings. The fraction of sp³-hybridized carbons (Fsp3) is 0.978. The summed E-state index contributed by atoms with van der Waals surface area (Å²) in [4.78, 5) is 14.7. The van der Waals surface area contributed by atoms with Crippen LogP contribution in [0.2, 0.25) is 0 Å². The van der Waals surface area contributed by atoms with Gasteiger partial charge in [0.1, 0.15) is 12.6 Å². The Morgan fingerprint density at radius 3 is 1.13 bits per heavy atom. The highest BCUT2D eigenvalue weighted by Crippen LogP contribution is 2.16. The second-order valence-corrected chi connectivity index (χ2v) is 16.1. The summed E-state index contributed by atoms with van der Waals surface area (Å²) in [6.07, 6.45) is 47.5. The van der Waals surface area contributed by atoms with Gasteiger partial charge >= 0.3 is 5.97 Å². The lowest BCUT2D eigenvalue weighted by Crippen LogP contribution is -2.33. The molecule has 1 unspecified atom stereocenters. The Bertz CT molecular complexity index is 643. The van der Waals surface area contributed by atoms with Crippen LogP contribution < -0.4 is 11.5 Å². The molecule has 0 amide bonds. The Morgan fingerprint density at radius 2 is 0.788 bits per heavy atom. The molecular formula is C46H95N3O3. The number of carbonyl (C=O) groups excluding carboxylic acids is 1. The molecule has 4 N–H and O–H groups in total. The van der Waals surface area contributed by atoms with Crippen LogP contribution in [0, 0.1) is 0 Å². The van der Waals surface area contributed by atoms with Crippen LogP contribution in [0.3, 0.4) is 0 Å². The largest absolute Gasteiger partial charge is 0.462 e. The lowest BCUT2D eigenvalue weighted by Gasteiger charge is -2.22. The summed E-state index contributed by atoms with van der Waals surface area (Å²) in [7, 11) is 0. The van der Waals surface area contributed by atoms with Gasteiger partial charge in [0.05, 0.1) is 13.2 Å². The van der Waals surface area contributed by atoms with Gasteiger partial charge in [0.2, 0.25) is 0 Å². The lowest BCUT2D eigenvalue weighted by molar-refractivity contribution is -0.147. The van der Waals surface area contributed by atoms with Crippen LogP contribution in [-0.2, 0) is 14.3 Å². The molecule has 0 bridgehead atoms. The molecule has 6 nitrogen and oxygen atoms in total. The van der Waals surface area contributed by atoms with Crippen LogP contribution >= 0.6 is 0 Å². The molecular weight excluding hydrogens is 643 g/mol. The van der Waals surface area contributed by atoms with Crippen molar-refractivity contribution in [2.75, 3.05) is 46.0 Å². The predicted octanol–water partition coefficient (Wildman–Crippen LogP) is 12.8. The normalized spacial score (nSPS) is 12.2. The molecule has 6 heteroatoms. The van der Waals surface area contributed by atoms with Crippen molar-refractivity contribution in [1.29, 1.82) is 0 Å². The zero-order valence-corrected chi connectivity index (χ0v) is 35.6. The number of ether oxygens (including phenoxy) is 2. The van der Waals surface area contributed by atoms with Gasteiger partial charge in [-0.15, -0.1) is 0 Å². The van der Waals surface area contributed by atoms with E-state index in [2.05, 4.69) is 18.7 Å². The highest BCUT2D eigenvalue weighted by Gasteiger charge is 2.14. The van der Waals surface area contributed by atoms with Gasteiger partial charge in [-0.2, -0.15) is 0 Å². The summed E-state index contributed by atoms with van der Waals surface area (Å²) in [5, 5.41) is 0. The summed E-state index contributed by atoms with van der Waals surface area (Å²) in [6.45, 7) is 9.95. The van der Waals surface area contributed by atoms with Crippen molar-refractivity contribution in [3.63, 3.8) is 0 Å². The molecule has 0 saturated heterocycles. The molecule has 0 heterocycles. The molecule has 312 valence electrons. The first-order valence-corrected chi connectivity index (χ1v) is 23.6. The maximum absolute atomic E-state index is 12.1. The standard InChI is InChI=1S/C46H95N3O3/c1-3-5-7-9-11-13-15-17-19-21-23-25-27-29-31-35-39-49(41-42-51-43-44-52-46(50)45(48)37-33-34-38-47)40-36-32-30-28-26-24-22-20-18-16-14-12-10-8-6-4-2/h45H,3-44,47-48H2,1-2H3. The number of unbranched alkanes of at least 4 members (excludes halogenated alkanes) is 31. The minimum Gasteiger partial charge on any atom is -0.462 e. The van der Waals surface area contributed by atoms with E-state index >= 15 is 0 Å². The van der Waals surface area contributed by atoms with Gasteiger partial charge in [0.25, 0.3) is 0 Å². The number of esters is 1. The van der Waals surface area contributed by atoms with E-state index in [0.717, 1.165) is 19.4 Å². The average molecular weight is 738 g/mol. The monoisotopic (exact) mass is 738 g/mol. The van der Waals surface area contributed by atoms with E-state index < -0.39 is 6.04 Å². The third-order valence-electron chi connectivity index (χ3n) is 11.0. The van der Waals surface area contributed by atoms with Gasteiger partial charge in [-0.05, 0) is 45.3 Å². The van der Waals surface area contributed by atoms with E-state index in [1.807, 2.05) is 0 Å². The predicted molar refractivity (Wildman–Crippen MR) is 228 cm³/mol. The van der Waals surface area contributed by atoms with Gasteiger partial charge in [0.15, 0.2) is 0 Å². The number of rotatable bonds is 45. The van der Waals surface area contributed by atoms with Gasteiger partial charge in [-0.3, -0.25) is 4.79 Å². The van der Waals surface area contributed by atoms with Crippen LogP contribution in [0.4, 0.5) is 0 Å². The second kappa shape index (κ2) is 44.7. The number of nitrogens with zero attached hydrogens (tertiary/aromatic N) is 1. The van der Waals surface area contributed by atoms with E-state index in [9.17, 15) is 4.79 Å². The van der Waals surface area contributed by atoms with Crippen LogP contribution in [0.15, 0.2) is 0 Å². The van der Waals surface area contributed by atoms with Crippen molar-refractivity contribution in [2.45, 2.75) is 245 Å². The molecule has 52 heavy (non-hydrogen) atoms. The average Bonchev–Trinajstić information content (AvgIpc) is 3.15. The van der Waals surface area contributed by atoms with Crippen molar-refractivity contribution >= 4 is 5.97 Å². The number of carbonyl (C=O) groups is 1. The van der Waals surface area contributed by atoms with Gasteiger partial charge in [-0.1, -0.05) is 213 Å². The van der Waals surface area contributed by atoms with Gasteiger partial charge < -0.3 is 25.8 Å². The molecule has 0 rings (SSSR count). The molecule has 0 aliphatic heterocycles. The fourth-order valence-corrected chi connectivity index (χ4v) is 7.33. The highest BCUT2D eigenvalue weighted by atomic mass is 16.6. The third kappa shape index (κ3) is 40.5. The van der Waals surface area contributed by atoms with E-state index in [1.165, 1.54) is 219 Å². The van der Waals surface area contributed by atoms with Crippen molar-refractivity contribution in [3.05, 3.63) is 0 Å². The first-order chi connectivity index (χ1) is 25.7. The molecule has 0 aromatic heterocycles. The van der Waals surface area contributed by atoms with Gasteiger partial charge in [-0.25, -0.2) is 0 Å². The SMILES string of the molecule is CCCCCCCCCCCCCCCCCCN(CCCCCCCCCCCCCCCCCC)CCOCCOC(=O)C(N)CCCCN. The first kappa shape index (κ1) is 51.3. The topological polar surface area (TPSA) is 90.8 Å². The maximum atomic E-state index is 12.1. The second-order valence-electron chi connectivity index (χ2n) is 16.1. The minimum absolute atomic E-state index is 0.279. The smallest absolute Gasteiger partial charge is 0.322 e. The summed E-state index contributed by atoms with van der Waals surface area (Å²) < 4.78 is 11.2. The number of nitrogens with two attached hydrogens (primary N) is 2. The quantitative estimate of drug-likeness (QED) is 0.0478. The summed E-state index contributed by atoms with van der Waals surface area (Å²) in [6, 6.07) is -0.554. The zero-order valence-electron chi connectivity index (χ0n) is 35.6. The Morgan fingerprint density at radius 1 is 0.442 bits per heavy atom. The Hall–Kier alpha value is -0.690. The van der Waals surface area contributed by atoms with Crippen molar-refractivity contribution in [2.24, 2.45) is 11.5 Å². The molecule has 0 spiro atoms. The van der Waals surface area contributed by atoms with Crippen LogP contribution in [0.1, 0.15) is 239 Å². The summed E-state index contributed by atoms with van der Waals surface area (Å²) >= 11 is 0. The molecule has 0 aromatic carbocycles. The fourth-order valence-electron chi connectivity index (χ4n) is 7.33. The van der Waals surface area contributed by atoms with Crippen molar-refractivity contribution in [3.8, 4) is 0 Å². The zero-order chi connectivity index (χ0) is 37.8. The first-order valence-electron chi connectivity index (χ1n) is 23.6. The van der Waals surface area contributed by atoms with E-state index in [0.29, 0.717) is 26.2 Å². The van der Waals surface area contributed by atoms with E-state index in [4.69, 9.17) is 20.9 Å². The number of hydrogen-bond donors (Lipinski definition) is 2. The Kier molecular flexibility index (Phi) is 44.1. The Balaban J connectivity index is 4.04. The molecule has 0 saturated carbocycles. The number of hydrogen-bond acceptors (Lipinski definition) is 6. The van der Waals surface area contributed by atoms with E-state index in [1.54, 1.807) is 0 Å². The van der Waals surface area contributed by atoms with Crippen molar-refractivity contribution < 1.29 is 14.3 Å². The van der Waals surface area contributed by atoms with Crippen LogP contribution in [0.5, 0.6) is 0 Å². The molecule has 0 aliphatic rings. The van der Waals surface area contributed by atoms with E-state index in [-0.39, 0.29) is 12.6 Å². The van der Waals surface area contributed by atoms with Gasteiger partial charge in [0, 0.05) is 6.54 Å². The minimum atomic E-state index is -0.554. The third-order valence-corrected chi connectivity index (χ3v) is 11.0. The maximum Gasteiger partial charge on any atom is 0.322 e. The molecule has 1 atom stereocenters. The van der Waals surface area contributed by atoms with Crippen molar-refractivity contribution in [1.82, 2.24) is 4.90 Å². The lowest BCUT2D eigenvalue weighted by atomic mass is 10.0. The summed E-state index contributed by atoms with van der Waals surface area (Å²) in [5.74, 6) is -0.325. The molecule has 0 aliphatic carbocycles. The molecule has 0 fully saturated rings. The Labute approximate surface area is 326 Å². The highest BCUT2D eigenvalue weighted by molar-refractivity contribution is 5.75. The van der Waals surface area contributed by atoms with Crippen LogP contribution in [-0.4, -0.2) is 62.9 Å². The molecule has 0 radical (unpaired) electrons. The summed E-state index contributed by atoms with van der Waals surface area (Å²) in [5.41, 5.74) is 11.5. The van der Waals surface area contributed by atoms with Crippen LogP contribution in [0.25, 0.3) is 0 Å².